The zero-order valence-electron chi connectivity index (χ0n) is 13.0. The van der Waals surface area contributed by atoms with Crippen LogP contribution in [0.3, 0.4) is 0 Å². The first kappa shape index (κ1) is 16.9. The molecule has 23 heavy (non-hydrogen) atoms. The Kier molecular flexibility index (Phi) is 6.05. The number of hydrazone groups is 1. The Balaban J connectivity index is 1.91. The van der Waals surface area contributed by atoms with Crippen molar-refractivity contribution in [3.63, 3.8) is 0 Å². The van der Waals surface area contributed by atoms with Crippen LogP contribution in [0.25, 0.3) is 0 Å². The molecule has 0 spiro atoms. The van der Waals surface area contributed by atoms with Gasteiger partial charge in [-0.1, -0.05) is 30.3 Å². The van der Waals surface area contributed by atoms with Crippen molar-refractivity contribution in [1.29, 1.82) is 0 Å². The predicted molar refractivity (Wildman–Crippen MR) is 94.2 cm³/mol. The summed E-state index contributed by atoms with van der Waals surface area (Å²) in [7, 11) is 1.43. The van der Waals surface area contributed by atoms with Crippen molar-refractivity contribution in [2.75, 3.05) is 7.11 Å². The van der Waals surface area contributed by atoms with Gasteiger partial charge in [0.05, 0.1) is 12.8 Å². The van der Waals surface area contributed by atoms with Crippen LogP contribution in [0.5, 0.6) is 5.75 Å². The van der Waals surface area contributed by atoms with E-state index in [1.807, 2.05) is 30.3 Å². The smallest absolute Gasteiger partial charge is 0.187 e. The monoisotopic (exact) mass is 331 g/mol. The molecule has 0 unspecified atom stereocenters. The van der Waals surface area contributed by atoms with Gasteiger partial charge in [-0.2, -0.15) is 5.10 Å². The minimum atomic E-state index is -0.427. The van der Waals surface area contributed by atoms with Crippen molar-refractivity contribution in [3.8, 4) is 5.75 Å². The summed E-state index contributed by atoms with van der Waals surface area (Å²) in [5.74, 6) is -0.223. The summed E-state index contributed by atoms with van der Waals surface area (Å²) in [5.41, 5.74) is 5.15. The van der Waals surface area contributed by atoms with E-state index >= 15 is 0 Å². The van der Waals surface area contributed by atoms with Gasteiger partial charge in [-0.3, -0.25) is 5.43 Å². The molecule has 0 amide bonds. The second kappa shape index (κ2) is 8.24. The number of rotatable bonds is 5. The lowest BCUT2D eigenvalue weighted by atomic mass is 10.1. The summed E-state index contributed by atoms with van der Waals surface area (Å²) in [6.07, 6.45) is 0. The van der Waals surface area contributed by atoms with E-state index in [9.17, 15) is 4.39 Å². The van der Waals surface area contributed by atoms with Gasteiger partial charge >= 0.3 is 0 Å². The van der Waals surface area contributed by atoms with Gasteiger partial charge in [0.2, 0.25) is 0 Å². The molecule has 0 fully saturated rings. The summed E-state index contributed by atoms with van der Waals surface area (Å²) >= 11 is 5.16. The number of methoxy groups -OCH3 is 1. The summed E-state index contributed by atoms with van der Waals surface area (Å²) in [4.78, 5) is 0. The topological polar surface area (TPSA) is 45.6 Å². The van der Waals surface area contributed by atoms with E-state index < -0.39 is 5.82 Å². The molecule has 4 nitrogen and oxygen atoms in total. The lowest BCUT2D eigenvalue weighted by Gasteiger charge is -2.09. The molecule has 0 radical (unpaired) electrons. The van der Waals surface area contributed by atoms with Crippen LogP contribution in [0.15, 0.2) is 53.6 Å². The molecule has 2 aromatic carbocycles. The second-order valence-corrected chi connectivity index (χ2v) is 5.23. The molecule has 0 atom stereocenters. The van der Waals surface area contributed by atoms with Crippen LogP contribution in [-0.2, 0) is 6.54 Å². The Hall–Kier alpha value is -2.47. The normalized spacial score (nSPS) is 11.0. The molecule has 120 valence electrons. The molecule has 2 N–H and O–H groups in total. The number of thiocarbonyl (C=S) groups is 1. The summed E-state index contributed by atoms with van der Waals surface area (Å²) < 4.78 is 18.6. The first-order valence-corrected chi connectivity index (χ1v) is 7.47. The first-order chi connectivity index (χ1) is 11.1. The number of ether oxygens (including phenoxy) is 1. The zero-order chi connectivity index (χ0) is 16.7. The Labute approximate surface area is 140 Å². The minimum Gasteiger partial charge on any atom is -0.494 e. The minimum absolute atomic E-state index is 0.203. The van der Waals surface area contributed by atoms with E-state index in [4.69, 9.17) is 17.0 Å². The molecular weight excluding hydrogens is 313 g/mol. The maximum absolute atomic E-state index is 13.7. The highest BCUT2D eigenvalue weighted by Gasteiger charge is 2.05. The van der Waals surface area contributed by atoms with E-state index in [0.29, 0.717) is 22.9 Å². The fourth-order valence-electron chi connectivity index (χ4n) is 1.91. The standard InChI is InChI=1S/C17H18FN3OS/c1-12(14-8-9-16(22-2)15(18)10-14)20-21-17(23)19-11-13-6-4-3-5-7-13/h3-10H,11H2,1-2H3,(H2,19,21,23)/b20-12-. The molecule has 0 aliphatic heterocycles. The lowest BCUT2D eigenvalue weighted by Crippen LogP contribution is -2.32. The van der Waals surface area contributed by atoms with Gasteiger partial charge in [0.25, 0.3) is 0 Å². The van der Waals surface area contributed by atoms with Crippen LogP contribution in [0.1, 0.15) is 18.1 Å². The van der Waals surface area contributed by atoms with Crippen LogP contribution >= 0.6 is 12.2 Å². The van der Waals surface area contributed by atoms with Crippen LogP contribution in [0.2, 0.25) is 0 Å². The molecule has 0 saturated heterocycles. The van der Waals surface area contributed by atoms with Crippen molar-refractivity contribution in [2.45, 2.75) is 13.5 Å². The Bertz CT molecular complexity index is 704. The summed E-state index contributed by atoms with van der Waals surface area (Å²) in [6.45, 7) is 2.38. The van der Waals surface area contributed by atoms with Crippen LogP contribution in [0, 0.1) is 5.82 Å². The van der Waals surface area contributed by atoms with Gasteiger partial charge < -0.3 is 10.1 Å². The van der Waals surface area contributed by atoms with Crippen LogP contribution < -0.4 is 15.5 Å². The Morgan fingerprint density at radius 1 is 1.22 bits per heavy atom. The number of nitrogens with one attached hydrogen (secondary N) is 2. The maximum atomic E-state index is 13.7. The fourth-order valence-corrected chi connectivity index (χ4v) is 2.03. The number of nitrogens with zero attached hydrogens (tertiary/aromatic N) is 1. The third-order valence-corrected chi connectivity index (χ3v) is 3.43. The van der Waals surface area contributed by atoms with Crippen molar-refractivity contribution >= 4 is 23.0 Å². The molecule has 0 bridgehead atoms. The highest BCUT2D eigenvalue weighted by atomic mass is 32.1. The van der Waals surface area contributed by atoms with Gasteiger partial charge in [-0.05, 0) is 42.9 Å². The van der Waals surface area contributed by atoms with Crippen molar-refractivity contribution in [3.05, 3.63) is 65.5 Å². The van der Waals surface area contributed by atoms with E-state index in [0.717, 1.165) is 5.56 Å². The third-order valence-electron chi connectivity index (χ3n) is 3.19. The first-order valence-electron chi connectivity index (χ1n) is 7.06. The van der Waals surface area contributed by atoms with Gasteiger partial charge in [-0.15, -0.1) is 0 Å². The van der Waals surface area contributed by atoms with Gasteiger partial charge in [-0.25, -0.2) is 4.39 Å². The molecule has 2 aromatic rings. The van der Waals surface area contributed by atoms with Gasteiger partial charge in [0.15, 0.2) is 16.7 Å². The summed E-state index contributed by atoms with van der Waals surface area (Å²) in [6, 6.07) is 14.6. The average Bonchev–Trinajstić information content (AvgIpc) is 2.58. The molecule has 0 aliphatic rings. The van der Waals surface area contributed by atoms with Crippen LogP contribution in [-0.4, -0.2) is 17.9 Å². The fraction of sp³-hybridized carbons (Fsp3) is 0.176. The Morgan fingerprint density at radius 3 is 2.61 bits per heavy atom. The van der Waals surface area contributed by atoms with Crippen LogP contribution in [0.4, 0.5) is 4.39 Å². The average molecular weight is 331 g/mol. The number of benzene rings is 2. The van der Waals surface area contributed by atoms with Crippen molar-refractivity contribution in [2.24, 2.45) is 5.10 Å². The van der Waals surface area contributed by atoms with E-state index in [1.54, 1.807) is 19.1 Å². The number of hydrogen-bond donors (Lipinski definition) is 2. The molecule has 2 rings (SSSR count). The van der Waals surface area contributed by atoms with E-state index in [2.05, 4.69) is 15.8 Å². The third kappa shape index (κ3) is 5.03. The van der Waals surface area contributed by atoms with Gasteiger partial charge in [0.1, 0.15) is 0 Å². The quantitative estimate of drug-likeness (QED) is 0.502. The highest BCUT2D eigenvalue weighted by Crippen LogP contribution is 2.17. The van der Waals surface area contributed by atoms with Crippen molar-refractivity contribution in [1.82, 2.24) is 10.7 Å². The SMILES string of the molecule is COc1ccc(/C(C)=N\NC(=S)NCc2ccccc2)cc1F. The molecule has 0 aliphatic carbocycles. The molecular formula is C17H18FN3OS. The lowest BCUT2D eigenvalue weighted by molar-refractivity contribution is 0.386. The number of hydrogen-bond acceptors (Lipinski definition) is 3. The maximum Gasteiger partial charge on any atom is 0.187 e. The molecule has 6 heteroatoms. The molecule has 0 saturated carbocycles. The molecule has 0 heterocycles. The predicted octanol–water partition coefficient (Wildman–Crippen LogP) is 3.22. The second-order valence-electron chi connectivity index (χ2n) is 4.83. The zero-order valence-corrected chi connectivity index (χ0v) is 13.8. The molecule has 0 aromatic heterocycles. The van der Waals surface area contributed by atoms with E-state index in [-0.39, 0.29) is 5.75 Å². The highest BCUT2D eigenvalue weighted by molar-refractivity contribution is 7.80. The number of halogens is 1. The Morgan fingerprint density at radius 2 is 1.96 bits per heavy atom. The largest absolute Gasteiger partial charge is 0.494 e. The van der Waals surface area contributed by atoms with E-state index in [1.165, 1.54) is 13.2 Å². The van der Waals surface area contributed by atoms with Crippen molar-refractivity contribution < 1.29 is 9.13 Å². The van der Waals surface area contributed by atoms with Gasteiger partial charge in [0, 0.05) is 12.1 Å². The summed E-state index contributed by atoms with van der Waals surface area (Å²) in [5, 5.41) is 7.62.